The van der Waals surface area contributed by atoms with Crippen LogP contribution in [-0.2, 0) is 4.74 Å². The van der Waals surface area contributed by atoms with Crippen LogP contribution in [-0.4, -0.2) is 31.4 Å². The normalized spacial score (nSPS) is 18.0. The largest absolute Gasteiger partial charge is 0.465 e. The smallest absolute Gasteiger partial charge is 0.337 e. The van der Waals surface area contributed by atoms with Crippen molar-refractivity contribution in [2.75, 3.05) is 18.6 Å². The predicted molar refractivity (Wildman–Crippen MR) is 116 cm³/mol. The van der Waals surface area contributed by atoms with Crippen molar-refractivity contribution in [1.82, 2.24) is 0 Å². The summed E-state index contributed by atoms with van der Waals surface area (Å²) in [5.74, 6) is -0.374. The molecular weight excluding hydrogens is 367 g/mol. The number of benzene rings is 2. The molecule has 1 heterocycles. The molecule has 0 aromatic heterocycles. The summed E-state index contributed by atoms with van der Waals surface area (Å²) < 4.78 is 19.7. The molecule has 1 unspecified atom stereocenters. The van der Waals surface area contributed by atoms with Gasteiger partial charge in [-0.1, -0.05) is 19.9 Å². The van der Waals surface area contributed by atoms with Crippen LogP contribution < -0.4 is 4.90 Å². The van der Waals surface area contributed by atoms with Crippen LogP contribution in [0.15, 0.2) is 41.4 Å². The topological polar surface area (TPSA) is 41.9 Å². The summed E-state index contributed by atoms with van der Waals surface area (Å²) >= 11 is 0. The van der Waals surface area contributed by atoms with Crippen LogP contribution in [0.1, 0.15) is 67.9 Å². The van der Waals surface area contributed by atoms with E-state index < -0.39 is 5.97 Å². The van der Waals surface area contributed by atoms with E-state index in [2.05, 4.69) is 37.6 Å². The van der Waals surface area contributed by atoms with Crippen molar-refractivity contribution in [3.05, 3.63) is 58.9 Å². The number of fused-ring (bicyclic) bond motifs is 1. The molecule has 3 rings (SSSR count). The Morgan fingerprint density at radius 1 is 1.34 bits per heavy atom. The molecule has 5 heteroatoms. The summed E-state index contributed by atoms with van der Waals surface area (Å²) in [6.07, 6.45) is 3.56. The number of hydrogen-bond donors (Lipinski definition) is 0. The van der Waals surface area contributed by atoms with Gasteiger partial charge in [0.05, 0.1) is 18.4 Å². The van der Waals surface area contributed by atoms with Crippen LogP contribution in [0, 0.1) is 5.82 Å². The number of carbonyl (C=O) groups excluding carboxylic acids is 1. The molecule has 0 bridgehead atoms. The molecule has 29 heavy (non-hydrogen) atoms. The Hall–Kier alpha value is -2.69. The Labute approximate surface area is 172 Å². The first-order valence-electron chi connectivity index (χ1n) is 10.1. The number of methoxy groups -OCH3 is 1. The van der Waals surface area contributed by atoms with E-state index in [-0.39, 0.29) is 11.4 Å². The maximum atomic E-state index is 14.9. The SMILES string of the molecule is CCCN1c2cc(F)c(C=Nc3cccc(C(=O)OC)c3)cc2C(C)CC1(C)C. The Morgan fingerprint density at radius 2 is 2.10 bits per heavy atom. The monoisotopic (exact) mass is 396 g/mol. The lowest BCUT2D eigenvalue weighted by Gasteiger charge is -2.47. The maximum Gasteiger partial charge on any atom is 0.337 e. The van der Waals surface area contributed by atoms with Crippen LogP contribution >= 0.6 is 0 Å². The number of nitrogens with zero attached hydrogens (tertiary/aromatic N) is 2. The van der Waals surface area contributed by atoms with Gasteiger partial charge in [-0.25, -0.2) is 9.18 Å². The van der Waals surface area contributed by atoms with E-state index in [1.54, 1.807) is 30.3 Å². The Bertz CT molecular complexity index is 936. The van der Waals surface area contributed by atoms with Gasteiger partial charge in [0.2, 0.25) is 0 Å². The number of ether oxygens (including phenoxy) is 1. The fourth-order valence-corrected chi connectivity index (χ4v) is 4.24. The molecule has 1 aliphatic heterocycles. The summed E-state index contributed by atoms with van der Waals surface area (Å²) in [6, 6.07) is 10.4. The Morgan fingerprint density at radius 3 is 2.79 bits per heavy atom. The third kappa shape index (κ3) is 4.34. The molecule has 0 aliphatic carbocycles. The van der Waals surface area contributed by atoms with Gasteiger partial charge < -0.3 is 9.64 Å². The lowest BCUT2D eigenvalue weighted by atomic mass is 9.79. The Kier molecular flexibility index (Phi) is 6.06. The van der Waals surface area contributed by atoms with E-state index in [0.717, 1.165) is 30.6 Å². The zero-order valence-corrected chi connectivity index (χ0v) is 17.8. The molecule has 0 amide bonds. The van der Waals surface area contributed by atoms with Gasteiger partial charge in [0.25, 0.3) is 0 Å². The van der Waals surface area contributed by atoms with Gasteiger partial charge in [-0.05, 0) is 68.5 Å². The lowest BCUT2D eigenvalue weighted by Crippen LogP contribution is -2.48. The highest BCUT2D eigenvalue weighted by molar-refractivity contribution is 5.91. The van der Waals surface area contributed by atoms with E-state index in [0.29, 0.717) is 22.7 Å². The zero-order chi connectivity index (χ0) is 21.2. The highest BCUT2D eigenvalue weighted by Gasteiger charge is 2.36. The van der Waals surface area contributed by atoms with E-state index >= 15 is 0 Å². The standard InChI is InChI=1S/C24H29FN2O2/c1-6-10-27-22-13-21(25)18(12-20(22)16(2)14-24(27,3)4)15-26-19-9-7-8-17(11-19)23(28)29-5/h7-9,11-13,15-16H,6,10,14H2,1-5H3. The molecule has 2 aromatic rings. The molecule has 1 atom stereocenters. The number of esters is 1. The predicted octanol–water partition coefficient (Wildman–Crippen LogP) is 5.87. The van der Waals surface area contributed by atoms with Gasteiger partial charge in [0, 0.05) is 29.5 Å². The van der Waals surface area contributed by atoms with E-state index in [1.165, 1.54) is 13.3 Å². The van der Waals surface area contributed by atoms with Gasteiger partial charge in [-0.3, -0.25) is 4.99 Å². The summed E-state index contributed by atoms with van der Waals surface area (Å²) in [7, 11) is 1.34. The van der Waals surface area contributed by atoms with E-state index in [4.69, 9.17) is 4.74 Å². The minimum Gasteiger partial charge on any atom is -0.465 e. The molecule has 0 fully saturated rings. The summed E-state index contributed by atoms with van der Waals surface area (Å²) in [6.45, 7) is 9.70. The fraction of sp³-hybridized carbons (Fsp3) is 0.417. The van der Waals surface area contributed by atoms with Gasteiger partial charge in [0.1, 0.15) is 5.82 Å². The second-order valence-corrected chi connectivity index (χ2v) is 8.30. The van der Waals surface area contributed by atoms with Crippen molar-refractivity contribution >= 4 is 23.6 Å². The highest BCUT2D eigenvalue weighted by Crippen LogP contribution is 2.44. The molecule has 0 saturated carbocycles. The first kappa shape index (κ1) is 21.0. The lowest BCUT2D eigenvalue weighted by molar-refractivity contribution is 0.0600. The van der Waals surface area contributed by atoms with Crippen molar-refractivity contribution in [2.45, 2.75) is 52.0 Å². The molecule has 0 N–H and O–H groups in total. The van der Waals surface area contributed by atoms with Crippen LogP contribution in [0.3, 0.4) is 0 Å². The summed E-state index contributed by atoms with van der Waals surface area (Å²) in [4.78, 5) is 18.4. The molecule has 2 aromatic carbocycles. The van der Waals surface area contributed by atoms with Crippen LogP contribution in [0.25, 0.3) is 0 Å². The van der Waals surface area contributed by atoms with Crippen molar-refractivity contribution in [2.24, 2.45) is 4.99 Å². The number of hydrogen-bond acceptors (Lipinski definition) is 4. The fourth-order valence-electron chi connectivity index (χ4n) is 4.24. The van der Waals surface area contributed by atoms with Crippen LogP contribution in [0.5, 0.6) is 0 Å². The number of rotatable bonds is 5. The first-order chi connectivity index (χ1) is 13.8. The molecule has 154 valence electrons. The van der Waals surface area contributed by atoms with Crippen molar-refractivity contribution in [3.63, 3.8) is 0 Å². The average Bonchev–Trinajstić information content (AvgIpc) is 2.69. The minimum absolute atomic E-state index is 0.00119. The highest BCUT2D eigenvalue weighted by atomic mass is 19.1. The van der Waals surface area contributed by atoms with Gasteiger partial charge in [0.15, 0.2) is 0 Å². The summed E-state index contributed by atoms with van der Waals surface area (Å²) in [5.41, 5.74) is 3.58. The quantitative estimate of drug-likeness (QED) is 0.469. The summed E-state index contributed by atoms with van der Waals surface area (Å²) in [5, 5.41) is 0. The molecule has 0 radical (unpaired) electrons. The van der Waals surface area contributed by atoms with Crippen LogP contribution in [0.2, 0.25) is 0 Å². The second kappa shape index (κ2) is 8.36. The number of halogens is 1. The third-order valence-electron chi connectivity index (χ3n) is 5.57. The van der Waals surface area contributed by atoms with Gasteiger partial charge >= 0.3 is 5.97 Å². The second-order valence-electron chi connectivity index (χ2n) is 8.30. The van der Waals surface area contributed by atoms with Crippen molar-refractivity contribution < 1.29 is 13.9 Å². The number of anilines is 1. The Balaban J connectivity index is 1.96. The maximum absolute atomic E-state index is 14.9. The molecule has 0 saturated heterocycles. The van der Waals surface area contributed by atoms with E-state index in [9.17, 15) is 9.18 Å². The minimum atomic E-state index is -0.422. The zero-order valence-electron chi connectivity index (χ0n) is 17.8. The number of carbonyl (C=O) groups is 1. The molecule has 4 nitrogen and oxygen atoms in total. The molecule has 1 aliphatic rings. The van der Waals surface area contributed by atoms with E-state index in [1.807, 2.05) is 6.07 Å². The van der Waals surface area contributed by atoms with Gasteiger partial charge in [-0.2, -0.15) is 0 Å². The van der Waals surface area contributed by atoms with Gasteiger partial charge in [-0.15, -0.1) is 0 Å². The number of aliphatic imine (C=N–C) groups is 1. The van der Waals surface area contributed by atoms with Crippen LogP contribution in [0.4, 0.5) is 15.8 Å². The molecular formula is C24H29FN2O2. The van der Waals surface area contributed by atoms with Crippen molar-refractivity contribution in [1.29, 1.82) is 0 Å². The molecule has 0 spiro atoms. The first-order valence-corrected chi connectivity index (χ1v) is 10.1. The third-order valence-corrected chi connectivity index (χ3v) is 5.57. The van der Waals surface area contributed by atoms with Crippen molar-refractivity contribution in [3.8, 4) is 0 Å². The average molecular weight is 397 g/mol.